The minimum atomic E-state index is 0.187. The van der Waals surface area contributed by atoms with Crippen molar-refractivity contribution in [2.24, 2.45) is 5.73 Å². The van der Waals surface area contributed by atoms with Gasteiger partial charge in [0.25, 0.3) is 0 Å². The number of hydrogen-bond acceptors (Lipinski definition) is 1. The number of rotatable bonds is 3. The van der Waals surface area contributed by atoms with Crippen molar-refractivity contribution >= 4 is 13.6 Å². The van der Waals surface area contributed by atoms with Crippen molar-refractivity contribution in [2.75, 3.05) is 6.54 Å². The molecule has 0 fully saturated rings. The average Bonchev–Trinajstić information content (AvgIpc) is 2.06. The van der Waals surface area contributed by atoms with Gasteiger partial charge in [-0.3, -0.25) is 0 Å². The van der Waals surface area contributed by atoms with E-state index in [0.717, 1.165) is 6.42 Å². The molecule has 0 unspecified atom stereocenters. The van der Waals surface area contributed by atoms with Gasteiger partial charge in [-0.2, -0.15) is 0 Å². The molecule has 0 spiro atoms. The van der Waals surface area contributed by atoms with Gasteiger partial charge in [-0.25, -0.2) is 0 Å². The van der Waals surface area contributed by atoms with Crippen LogP contribution >= 0.6 is 9.53 Å². The Morgan fingerprint density at radius 2 is 2.27 bits per heavy atom. The van der Waals surface area contributed by atoms with Crippen LogP contribution in [0.25, 0.3) is 0 Å². The van der Waals surface area contributed by atoms with Crippen LogP contribution in [-0.2, 0) is 23.4 Å². The van der Waals surface area contributed by atoms with E-state index in [4.69, 9.17) is 15.3 Å². The Labute approximate surface area is 79.1 Å². The summed E-state index contributed by atoms with van der Waals surface area (Å²) in [5.74, 6) is 0. The molecule has 11 heavy (non-hydrogen) atoms. The van der Waals surface area contributed by atoms with E-state index in [1.54, 1.807) is 0 Å². The number of hydrogen-bond donors (Lipinski definition) is 1. The molecule has 0 saturated heterocycles. The first-order chi connectivity index (χ1) is 5.36. The molecule has 0 aliphatic heterocycles. The first-order valence-corrected chi connectivity index (χ1v) is 6.14. The second kappa shape index (κ2) is 4.90. The van der Waals surface area contributed by atoms with Gasteiger partial charge in [0.1, 0.15) is 0 Å². The normalized spacial score (nSPS) is 10.4. The molecule has 0 atom stereocenters. The zero-order chi connectivity index (χ0) is 8.10. The van der Waals surface area contributed by atoms with Gasteiger partial charge in [0.2, 0.25) is 0 Å². The van der Waals surface area contributed by atoms with E-state index in [1.807, 2.05) is 12.1 Å². The predicted octanol–water partition coefficient (Wildman–Crippen LogP) is 1.05. The summed E-state index contributed by atoms with van der Waals surface area (Å²) in [4.78, 5) is 0. The van der Waals surface area contributed by atoms with Gasteiger partial charge in [-0.05, 0) is 0 Å². The van der Waals surface area contributed by atoms with E-state index in [-0.39, 0.29) is 17.0 Å². The number of benzene rings is 1. The summed E-state index contributed by atoms with van der Waals surface area (Å²) in [5.41, 5.74) is 6.70. The monoisotopic (exact) mass is 261 g/mol. The molecule has 1 aromatic carbocycles. The fourth-order valence-electron chi connectivity index (χ4n) is 0.879. The molecule has 1 rings (SSSR count). The van der Waals surface area contributed by atoms with Crippen molar-refractivity contribution < 1.29 is 17.0 Å². The van der Waals surface area contributed by atoms with Crippen LogP contribution < -0.4 is 9.77 Å². The van der Waals surface area contributed by atoms with Crippen LogP contribution in [0.2, 0.25) is 0 Å². The van der Waals surface area contributed by atoms with Crippen LogP contribution in [0.1, 0.15) is 5.56 Å². The van der Waals surface area contributed by atoms with Crippen LogP contribution in [0.4, 0.5) is 0 Å². The number of halogens is 1. The zero-order valence-corrected chi connectivity index (χ0v) is 8.31. The summed E-state index contributed by atoms with van der Waals surface area (Å²) >= 11 is 0.187. The van der Waals surface area contributed by atoms with E-state index in [0.29, 0.717) is 6.54 Å². The fourth-order valence-corrected chi connectivity index (χ4v) is 1.94. The maximum absolute atomic E-state index is 5.72. The molecule has 0 aromatic heterocycles. The molecule has 0 radical (unpaired) electrons. The maximum atomic E-state index is 5.72. The fraction of sp³-hybridized carbons (Fsp3) is 0.250. The molecular formula is C8H10ClNPd. The predicted molar refractivity (Wildman–Crippen MR) is 44.7 cm³/mol. The van der Waals surface area contributed by atoms with Gasteiger partial charge in [0.05, 0.1) is 0 Å². The van der Waals surface area contributed by atoms with Crippen molar-refractivity contribution in [3.63, 3.8) is 0 Å². The van der Waals surface area contributed by atoms with Crippen molar-refractivity contribution in [1.82, 2.24) is 0 Å². The Balaban J connectivity index is 2.74. The van der Waals surface area contributed by atoms with E-state index in [2.05, 4.69) is 12.1 Å². The summed E-state index contributed by atoms with van der Waals surface area (Å²) in [6.45, 7) is 0.706. The molecule has 0 amide bonds. The molecule has 2 N–H and O–H groups in total. The van der Waals surface area contributed by atoms with Gasteiger partial charge in [-0.15, -0.1) is 0 Å². The van der Waals surface area contributed by atoms with Crippen LogP contribution in [0.3, 0.4) is 0 Å². The third-order valence-electron chi connectivity index (χ3n) is 1.37. The SMILES string of the molecule is NCCc1ccc[c]([Pd][Cl])c1. The topological polar surface area (TPSA) is 26.0 Å². The minimum absolute atomic E-state index is 0.187. The van der Waals surface area contributed by atoms with Crippen LogP contribution in [0.15, 0.2) is 24.3 Å². The van der Waals surface area contributed by atoms with E-state index in [1.165, 1.54) is 9.60 Å². The Morgan fingerprint density at radius 3 is 2.91 bits per heavy atom. The first-order valence-electron chi connectivity index (χ1n) is 3.36. The molecule has 0 saturated carbocycles. The van der Waals surface area contributed by atoms with Crippen molar-refractivity contribution in [2.45, 2.75) is 6.42 Å². The summed E-state index contributed by atoms with van der Waals surface area (Å²) in [7, 11) is 5.72. The van der Waals surface area contributed by atoms with Gasteiger partial charge >= 0.3 is 79.1 Å². The van der Waals surface area contributed by atoms with Crippen molar-refractivity contribution in [1.29, 1.82) is 0 Å². The molecule has 0 bridgehead atoms. The van der Waals surface area contributed by atoms with Crippen molar-refractivity contribution in [3.8, 4) is 0 Å². The Kier molecular flexibility index (Phi) is 4.11. The Morgan fingerprint density at radius 1 is 1.45 bits per heavy atom. The first kappa shape index (κ1) is 9.22. The number of nitrogens with two attached hydrogens (primary N) is 1. The van der Waals surface area contributed by atoms with E-state index < -0.39 is 0 Å². The van der Waals surface area contributed by atoms with Crippen molar-refractivity contribution in [3.05, 3.63) is 29.8 Å². The quantitative estimate of drug-likeness (QED) is 0.809. The molecule has 0 heterocycles. The molecule has 1 aromatic rings. The average molecular weight is 262 g/mol. The van der Waals surface area contributed by atoms with Crippen LogP contribution in [0, 0.1) is 0 Å². The molecule has 0 aliphatic carbocycles. The summed E-state index contributed by atoms with van der Waals surface area (Å²) in [5, 5.41) is 0. The summed E-state index contributed by atoms with van der Waals surface area (Å²) < 4.78 is 1.21. The van der Waals surface area contributed by atoms with Crippen LogP contribution in [-0.4, -0.2) is 6.54 Å². The van der Waals surface area contributed by atoms with E-state index in [9.17, 15) is 0 Å². The zero-order valence-electron chi connectivity index (χ0n) is 6.00. The Bertz CT molecular complexity index is 227. The molecule has 3 heteroatoms. The summed E-state index contributed by atoms with van der Waals surface area (Å²) in [6, 6.07) is 8.27. The van der Waals surface area contributed by atoms with Gasteiger partial charge in [0.15, 0.2) is 0 Å². The van der Waals surface area contributed by atoms with Gasteiger partial charge in [-0.1, -0.05) is 0 Å². The van der Waals surface area contributed by atoms with Gasteiger partial charge in [0, 0.05) is 0 Å². The molecule has 0 aliphatic rings. The molecule has 64 valence electrons. The standard InChI is InChI=1S/C8H10N.ClH.Pd/c9-7-6-8-4-2-1-3-5-8;;/h1-2,4-5H,6-7,9H2;1H;/q;;+1/p-1. The molecule has 1 nitrogen and oxygen atoms in total. The van der Waals surface area contributed by atoms with E-state index >= 15 is 0 Å². The van der Waals surface area contributed by atoms with Crippen LogP contribution in [0.5, 0.6) is 0 Å². The second-order valence-electron chi connectivity index (χ2n) is 2.19. The third kappa shape index (κ3) is 2.93. The third-order valence-corrected chi connectivity index (χ3v) is 3.01. The molecular weight excluding hydrogens is 252 g/mol. The second-order valence-corrected chi connectivity index (χ2v) is 4.09. The Hall–Kier alpha value is 0.132. The summed E-state index contributed by atoms with van der Waals surface area (Å²) in [6.07, 6.45) is 0.943. The van der Waals surface area contributed by atoms with Gasteiger partial charge < -0.3 is 0 Å².